The third-order valence-electron chi connectivity index (χ3n) is 3.97. The Labute approximate surface area is 99.1 Å². The molecule has 1 N–H and O–H groups in total. The average molecular weight is 221 g/mol. The molecule has 1 saturated heterocycles. The van der Waals surface area contributed by atoms with Crippen LogP contribution in [0.15, 0.2) is 0 Å². The first-order valence-electron chi connectivity index (χ1n) is 6.59. The van der Waals surface area contributed by atoms with Crippen molar-refractivity contribution in [3.63, 3.8) is 0 Å². The molecule has 1 saturated carbocycles. The molecule has 1 aliphatic carbocycles. The van der Waals surface area contributed by atoms with Gasteiger partial charge in [-0.05, 0) is 32.6 Å². The maximum Gasteiger partial charge on any atom is 0.0708 e. The summed E-state index contributed by atoms with van der Waals surface area (Å²) in [5.41, 5.74) is 0.266. The minimum Gasteiger partial charge on any atom is -0.370 e. The highest BCUT2D eigenvalue weighted by molar-refractivity contribution is 4.94. The molecule has 0 aromatic carbocycles. The van der Waals surface area contributed by atoms with Gasteiger partial charge in [0.1, 0.15) is 0 Å². The van der Waals surface area contributed by atoms with Gasteiger partial charge in [0.2, 0.25) is 0 Å². The Morgan fingerprint density at radius 2 is 2.19 bits per heavy atom. The second kappa shape index (κ2) is 5.21. The van der Waals surface area contributed by atoms with Gasteiger partial charge in [0.15, 0.2) is 0 Å². The highest BCUT2D eigenvalue weighted by Gasteiger charge is 2.41. The largest absolute Gasteiger partial charge is 0.370 e. The standard InChI is InChI=1S/C14H23NO/c1-3-6-12(2)15-11-13-7-10-14(16-13)8-4-5-9-14/h1,12-13,15H,4-11H2,2H3. The Morgan fingerprint density at radius 1 is 1.44 bits per heavy atom. The number of ether oxygens (including phenoxy) is 1. The summed E-state index contributed by atoms with van der Waals surface area (Å²) in [4.78, 5) is 0. The van der Waals surface area contributed by atoms with Gasteiger partial charge in [0, 0.05) is 19.0 Å². The van der Waals surface area contributed by atoms with E-state index >= 15 is 0 Å². The van der Waals surface area contributed by atoms with Gasteiger partial charge in [-0.3, -0.25) is 0 Å². The molecule has 0 aromatic rings. The molecule has 16 heavy (non-hydrogen) atoms. The van der Waals surface area contributed by atoms with Crippen molar-refractivity contribution in [3.05, 3.63) is 0 Å². The van der Waals surface area contributed by atoms with Crippen molar-refractivity contribution in [2.45, 2.75) is 69.6 Å². The predicted molar refractivity (Wildman–Crippen MR) is 66.2 cm³/mol. The molecule has 2 unspecified atom stereocenters. The highest BCUT2D eigenvalue weighted by Crippen LogP contribution is 2.43. The number of terminal acetylenes is 1. The van der Waals surface area contributed by atoms with Crippen molar-refractivity contribution in [2.75, 3.05) is 6.54 Å². The Bertz CT molecular complexity index is 262. The normalized spacial score (nSPS) is 29.4. The zero-order valence-corrected chi connectivity index (χ0v) is 10.3. The fourth-order valence-electron chi connectivity index (χ4n) is 3.01. The Balaban J connectivity index is 1.71. The zero-order valence-electron chi connectivity index (χ0n) is 10.3. The molecule has 2 nitrogen and oxygen atoms in total. The lowest BCUT2D eigenvalue weighted by molar-refractivity contribution is -0.0357. The first-order chi connectivity index (χ1) is 7.74. The third-order valence-corrected chi connectivity index (χ3v) is 3.97. The Hall–Kier alpha value is -0.520. The molecular formula is C14H23NO. The van der Waals surface area contributed by atoms with Crippen LogP contribution in [0, 0.1) is 12.3 Å². The van der Waals surface area contributed by atoms with E-state index in [9.17, 15) is 0 Å². The van der Waals surface area contributed by atoms with E-state index in [1.807, 2.05) is 0 Å². The number of rotatable bonds is 4. The summed E-state index contributed by atoms with van der Waals surface area (Å²) >= 11 is 0. The quantitative estimate of drug-likeness (QED) is 0.736. The Kier molecular flexibility index (Phi) is 3.89. The van der Waals surface area contributed by atoms with Crippen molar-refractivity contribution in [1.82, 2.24) is 5.32 Å². The Morgan fingerprint density at radius 3 is 2.88 bits per heavy atom. The van der Waals surface area contributed by atoms with Crippen LogP contribution < -0.4 is 5.32 Å². The van der Waals surface area contributed by atoms with E-state index in [1.54, 1.807) is 0 Å². The van der Waals surface area contributed by atoms with Crippen LogP contribution >= 0.6 is 0 Å². The van der Waals surface area contributed by atoms with Gasteiger partial charge in [0.05, 0.1) is 11.7 Å². The van der Waals surface area contributed by atoms with E-state index < -0.39 is 0 Å². The lowest BCUT2D eigenvalue weighted by Gasteiger charge is -2.24. The van der Waals surface area contributed by atoms with Gasteiger partial charge in [-0.1, -0.05) is 12.8 Å². The number of hydrogen-bond acceptors (Lipinski definition) is 2. The minimum atomic E-state index is 0.266. The maximum atomic E-state index is 6.22. The third kappa shape index (κ3) is 2.78. The summed E-state index contributed by atoms with van der Waals surface area (Å²) < 4.78 is 6.22. The van der Waals surface area contributed by atoms with Gasteiger partial charge in [0.25, 0.3) is 0 Å². The van der Waals surface area contributed by atoms with E-state index in [1.165, 1.54) is 38.5 Å². The van der Waals surface area contributed by atoms with E-state index in [0.29, 0.717) is 12.1 Å². The summed E-state index contributed by atoms with van der Waals surface area (Å²) in [6, 6.07) is 0.411. The van der Waals surface area contributed by atoms with Gasteiger partial charge in [-0.15, -0.1) is 12.3 Å². The van der Waals surface area contributed by atoms with Gasteiger partial charge in [-0.25, -0.2) is 0 Å². The molecule has 2 aliphatic rings. The maximum absolute atomic E-state index is 6.22. The van der Waals surface area contributed by atoms with Crippen molar-refractivity contribution >= 4 is 0 Å². The van der Waals surface area contributed by atoms with Crippen LogP contribution in [0.5, 0.6) is 0 Å². The van der Waals surface area contributed by atoms with Crippen molar-refractivity contribution in [2.24, 2.45) is 0 Å². The van der Waals surface area contributed by atoms with Crippen LogP contribution in [-0.2, 0) is 4.74 Å². The summed E-state index contributed by atoms with van der Waals surface area (Å²) in [7, 11) is 0. The van der Waals surface area contributed by atoms with E-state index in [4.69, 9.17) is 11.2 Å². The molecule has 1 aliphatic heterocycles. The van der Waals surface area contributed by atoms with Gasteiger partial charge >= 0.3 is 0 Å². The SMILES string of the molecule is C#CCC(C)NCC1CCC2(CCCC2)O1. The summed E-state index contributed by atoms with van der Waals surface area (Å²) in [5, 5.41) is 3.46. The second-order valence-electron chi connectivity index (χ2n) is 5.39. The van der Waals surface area contributed by atoms with Crippen molar-refractivity contribution in [1.29, 1.82) is 0 Å². The number of nitrogens with one attached hydrogen (secondary N) is 1. The summed E-state index contributed by atoms with van der Waals surface area (Å²) in [5.74, 6) is 2.69. The van der Waals surface area contributed by atoms with Crippen LogP contribution in [0.2, 0.25) is 0 Å². The van der Waals surface area contributed by atoms with Crippen LogP contribution in [-0.4, -0.2) is 24.3 Å². The second-order valence-corrected chi connectivity index (χ2v) is 5.39. The molecule has 1 heterocycles. The summed E-state index contributed by atoms with van der Waals surface area (Å²) in [6.45, 7) is 3.10. The average Bonchev–Trinajstić information content (AvgIpc) is 2.88. The minimum absolute atomic E-state index is 0.266. The molecule has 0 bridgehead atoms. The van der Waals surface area contributed by atoms with E-state index in [-0.39, 0.29) is 5.60 Å². The van der Waals surface area contributed by atoms with E-state index in [0.717, 1.165) is 13.0 Å². The lowest BCUT2D eigenvalue weighted by atomic mass is 9.98. The van der Waals surface area contributed by atoms with Gasteiger partial charge < -0.3 is 10.1 Å². The molecular weight excluding hydrogens is 198 g/mol. The van der Waals surface area contributed by atoms with Crippen LogP contribution in [0.3, 0.4) is 0 Å². The molecule has 1 spiro atoms. The lowest BCUT2D eigenvalue weighted by Crippen LogP contribution is -2.35. The zero-order chi connectivity index (χ0) is 11.4. The topological polar surface area (TPSA) is 21.3 Å². The number of hydrogen-bond donors (Lipinski definition) is 1. The smallest absolute Gasteiger partial charge is 0.0708 e. The fraction of sp³-hybridized carbons (Fsp3) is 0.857. The fourth-order valence-corrected chi connectivity index (χ4v) is 3.01. The molecule has 2 fully saturated rings. The molecule has 0 radical (unpaired) electrons. The van der Waals surface area contributed by atoms with Crippen LogP contribution in [0.25, 0.3) is 0 Å². The van der Waals surface area contributed by atoms with Gasteiger partial charge in [-0.2, -0.15) is 0 Å². The highest BCUT2D eigenvalue weighted by atomic mass is 16.5. The molecule has 2 atom stereocenters. The molecule has 90 valence electrons. The summed E-state index contributed by atoms with van der Waals surface area (Å²) in [6.07, 6.45) is 14.3. The van der Waals surface area contributed by atoms with Crippen molar-refractivity contribution < 1.29 is 4.74 Å². The molecule has 0 amide bonds. The van der Waals surface area contributed by atoms with E-state index in [2.05, 4.69) is 18.2 Å². The first kappa shape index (κ1) is 12.0. The monoisotopic (exact) mass is 221 g/mol. The molecule has 2 heteroatoms. The molecule has 0 aromatic heterocycles. The predicted octanol–water partition coefficient (Wildman–Crippen LogP) is 2.48. The van der Waals surface area contributed by atoms with Crippen molar-refractivity contribution in [3.8, 4) is 12.3 Å². The molecule has 2 rings (SSSR count). The van der Waals surface area contributed by atoms with Crippen LogP contribution in [0.1, 0.15) is 51.9 Å². The first-order valence-corrected chi connectivity index (χ1v) is 6.59. The van der Waals surface area contributed by atoms with Crippen LogP contribution in [0.4, 0.5) is 0 Å².